The zero-order chi connectivity index (χ0) is 17.0. The van der Waals surface area contributed by atoms with Crippen LogP contribution in [0.1, 0.15) is 33.3 Å². The zero-order valence-electron chi connectivity index (χ0n) is 12.9. The van der Waals surface area contributed by atoms with Gasteiger partial charge in [-0.1, -0.05) is 19.1 Å². The molecule has 120 valence electrons. The Morgan fingerprint density at radius 3 is 2.52 bits per heavy atom. The van der Waals surface area contributed by atoms with Crippen molar-refractivity contribution in [3.05, 3.63) is 57.7 Å². The molecule has 2 rings (SSSR count). The van der Waals surface area contributed by atoms with Crippen molar-refractivity contribution >= 4 is 34.2 Å². The first-order chi connectivity index (χ1) is 10.9. The van der Waals surface area contributed by atoms with E-state index in [0.29, 0.717) is 22.5 Å². The molecule has 0 saturated heterocycles. The van der Waals surface area contributed by atoms with E-state index in [1.54, 1.807) is 18.2 Å². The number of halogens is 1. The normalized spacial score (nSPS) is 10.9. The largest absolute Gasteiger partial charge is 0.365 e. The van der Waals surface area contributed by atoms with Crippen molar-refractivity contribution in [2.75, 3.05) is 5.32 Å². The lowest BCUT2D eigenvalue weighted by Crippen LogP contribution is -2.16. The molecule has 0 spiro atoms. The van der Waals surface area contributed by atoms with Crippen LogP contribution in [0.4, 0.5) is 9.39 Å². The van der Waals surface area contributed by atoms with Gasteiger partial charge in [0.2, 0.25) is 5.91 Å². The number of benzene rings is 1. The van der Waals surface area contributed by atoms with Crippen molar-refractivity contribution in [1.29, 1.82) is 0 Å². The molecule has 1 aromatic carbocycles. The van der Waals surface area contributed by atoms with Gasteiger partial charge in [-0.25, -0.2) is 4.39 Å². The molecule has 4 nitrogen and oxygen atoms in total. The highest BCUT2D eigenvalue weighted by Gasteiger charge is 2.19. The molecule has 0 radical (unpaired) electrons. The number of carbonyl (C=O) groups excluding carboxylic acids is 2. The number of aryl methyl sites for hydroxylation is 1. The topological polar surface area (TPSA) is 72.2 Å². The van der Waals surface area contributed by atoms with E-state index < -0.39 is 5.91 Å². The molecule has 1 aromatic heterocycles. The summed E-state index contributed by atoms with van der Waals surface area (Å²) in [4.78, 5) is 24.6. The third-order valence-electron chi connectivity index (χ3n) is 3.34. The minimum atomic E-state index is -0.552. The lowest BCUT2D eigenvalue weighted by Gasteiger charge is -2.03. The van der Waals surface area contributed by atoms with Gasteiger partial charge in [0.05, 0.1) is 5.56 Å². The summed E-state index contributed by atoms with van der Waals surface area (Å²) in [7, 11) is 0. The average molecular weight is 332 g/mol. The fourth-order valence-electron chi connectivity index (χ4n) is 2.25. The average Bonchev–Trinajstić information content (AvgIpc) is 2.82. The lowest BCUT2D eigenvalue weighted by atomic mass is 10.1. The van der Waals surface area contributed by atoms with Crippen LogP contribution in [-0.4, -0.2) is 11.8 Å². The van der Waals surface area contributed by atoms with Gasteiger partial charge in [0.15, 0.2) is 0 Å². The van der Waals surface area contributed by atoms with Gasteiger partial charge in [-0.3, -0.25) is 9.59 Å². The van der Waals surface area contributed by atoms with E-state index in [-0.39, 0.29) is 11.7 Å². The summed E-state index contributed by atoms with van der Waals surface area (Å²) < 4.78 is 12.8. The highest BCUT2D eigenvalue weighted by atomic mass is 32.1. The van der Waals surface area contributed by atoms with Crippen molar-refractivity contribution in [2.24, 2.45) is 5.73 Å². The number of hydrogen-bond donors (Lipinski definition) is 2. The van der Waals surface area contributed by atoms with Gasteiger partial charge in [0.1, 0.15) is 10.8 Å². The van der Waals surface area contributed by atoms with E-state index in [0.717, 1.165) is 10.4 Å². The molecule has 0 saturated carbocycles. The molecular formula is C17H17FN2O2S. The van der Waals surface area contributed by atoms with E-state index >= 15 is 0 Å². The third kappa shape index (κ3) is 4.04. The molecule has 1 heterocycles. The minimum Gasteiger partial charge on any atom is -0.365 e. The summed E-state index contributed by atoms with van der Waals surface area (Å²) in [5.74, 6) is -1.26. The summed E-state index contributed by atoms with van der Waals surface area (Å²) in [6.07, 6.45) is 3.57. The molecule has 3 N–H and O–H groups in total. The van der Waals surface area contributed by atoms with Crippen molar-refractivity contribution in [3.8, 4) is 0 Å². The number of amides is 2. The van der Waals surface area contributed by atoms with Gasteiger partial charge in [0.25, 0.3) is 5.91 Å². The third-order valence-corrected chi connectivity index (χ3v) is 4.41. The maximum Gasteiger partial charge on any atom is 0.251 e. The van der Waals surface area contributed by atoms with Gasteiger partial charge in [-0.15, -0.1) is 11.3 Å². The fourth-order valence-corrected chi connectivity index (χ4v) is 3.41. The maximum atomic E-state index is 12.8. The number of hydrogen-bond acceptors (Lipinski definition) is 3. The molecule has 2 amide bonds. The Hall–Kier alpha value is -2.47. The van der Waals surface area contributed by atoms with Crippen LogP contribution >= 0.6 is 11.3 Å². The SMILES string of the molecule is CCc1c(C)sc(NC(=O)C=Cc2ccc(F)cc2)c1C(N)=O. The first-order valence-corrected chi connectivity index (χ1v) is 7.90. The van der Waals surface area contributed by atoms with Crippen molar-refractivity contribution < 1.29 is 14.0 Å². The van der Waals surface area contributed by atoms with E-state index in [1.165, 1.54) is 29.5 Å². The summed E-state index contributed by atoms with van der Waals surface area (Å²) in [5.41, 5.74) is 7.36. The fraction of sp³-hybridized carbons (Fsp3) is 0.176. The van der Waals surface area contributed by atoms with Crippen LogP contribution in [0.3, 0.4) is 0 Å². The summed E-state index contributed by atoms with van der Waals surface area (Å²) in [6.45, 7) is 3.82. The lowest BCUT2D eigenvalue weighted by molar-refractivity contribution is -0.111. The van der Waals surface area contributed by atoms with Gasteiger partial charge >= 0.3 is 0 Å². The second-order valence-corrected chi connectivity index (χ2v) is 6.16. The number of nitrogens with two attached hydrogens (primary N) is 1. The van der Waals surface area contributed by atoms with E-state index in [4.69, 9.17) is 5.73 Å². The van der Waals surface area contributed by atoms with Gasteiger partial charge in [-0.05, 0) is 42.7 Å². The first kappa shape index (κ1) is 16.9. The summed E-state index contributed by atoms with van der Waals surface area (Å²) in [5, 5.41) is 3.15. The van der Waals surface area contributed by atoms with Crippen LogP contribution in [0.15, 0.2) is 30.3 Å². The van der Waals surface area contributed by atoms with Crippen LogP contribution in [0.25, 0.3) is 6.08 Å². The Morgan fingerprint density at radius 2 is 1.96 bits per heavy atom. The number of anilines is 1. The smallest absolute Gasteiger partial charge is 0.251 e. The summed E-state index contributed by atoms with van der Waals surface area (Å²) in [6, 6.07) is 5.77. The molecule has 0 fully saturated rings. The van der Waals surface area contributed by atoms with Crippen LogP contribution < -0.4 is 11.1 Å². The Bertz CT molecular complexity index is 764. The Balaban J connectivity index is 2.17. The molecular weight excluding hydrogens is 315 g/mol. The predicted octanol–water partition coefficient (Wildman–Crippen LogP) is 3.51. The van der Waals surface area contributed by atoms with Crippen LogP contribution in [0.5, 0.6) is 0 Å². The standard InChI is InChI=1S/C17H17FN2O2S/c1-3-13-10(2)23-17(15(13)16(19)22)20-14(21)9-6-11-4-7-12(18)8-5-11/h4-9H,3H2,1-2H3,(H2,19,22)(H,20,21). The molecule has 23 heavy (non-hydrogen) atoms. The molecule has 0 aliphatic carbocycles. The molecule has 2 aromatic rings. The monoisotopic (exact) mass is 332 g/mol. The number of carbonyl (C=O) groups is 2. The van der Waals surface area contributed by atoms with E-state index in [2.05, 4.69) is 5.32 Å². The van der Waals surface area contributed by atoms with Crippen LogP contribution in [-0.2, 0) is 11.2 Å². The van der Waals surface area contributed by atoms with Gasteiger partial charge in [0, 0.05) is 11.0 Å². The van der Waals surface area contributed by atoms with E-state index in [1.807, 2.05) is 13.8 Å². The second kappa shape index (κ2) is 7.19. The zero-order valence-corrected chi connectivity index (χ0v) is 13.7. The predicted molar refractivity (Wildman–Crippen MR) is 91.0 cm³/mol. The number of rotatable bonds is 5. The second-order valence-electron chi connectivity index (χ2n) is 4.93. The molecule has 0 atom stereocenters. The summed E-state index contributed by atoms with van der Waals surface area (Å²) >= 11 is 1.33. The molecule has 0 unspecified atom stereocenters. The maximum absolute atomic E-state index is 12.8. The van der Waals surface area contributed by atoms with E-state index in [9.17, 15) is 14.0 Å². The Labute approximate surface area is 137 Å². The van der Waals surface area contributed by atoms with Crippen molar-refractivity contribution in [1.82, 2.24) is 0 Å². The number of nitrogens with one attached hydrogen (secondary N) is 1. The Morgan fingerprint density at radius 1 is 1.30 bits per heavy atom. The molecule has 0 aliphatic heterocycles. The minimum absolute atomic E-state index is 0.334. The van der Waals surface area contributed by atoms with Gasteiger partial charge in [-0.2, -0.15) is 0 Å². The highest BCUT2D eigenvalue weighted by Crippen LogP contribution is 2.33. The van der Waals surface area contributed by atoms with Gasteiger partial charge < -0.3 is 11.1 Å². The van der Waals surface area contributed by atoms with Crippen LogP contribution in [0.2, 0.25) is 0 Å². The van der Waals surface area contributed by atoms with Crippen LogP contribution in [0, 0.1) is 12.7 Å². The highest BCUT2D eigenvalue weighted by molar-refractivity contribution is 7.16. The first-order valence-electron chi connectivity index (χ1n) is 7.09. The number of primary amides is 1. The molecule has 0 bridgehead atoms. The number of thiophene rings is 1. The molecule has 6 heteroatoms. The Kier molecular flexibility index (Phi) is 5.28. The van der Waals surface area contributed by atoms with Crippen molar-refractivity contribution in [2.45, 2.75) is 20.3 Å². The molecule has 0 aliphatic rings. The quantitative estimate of drug-likeness (QED) is 0.823. The van der Waals surface area contributed by atoms with Crippen molar-refractivity contribution in [3.63, 3.8) is 0 Å².